The molecule has 1 aliphatic rings. The predicted molar refractivity (Wildman–Crippen MR) is 68.9 cm³/mol. The van der Waals surface area contributed by atoms with E-state index in [4.69, 9.17) is 0 Å². The van der Waals surface area contributed by atoms with Crippen LogP contribution in [0.2, 0.25) is 0 Å². The average Bonchev–Trinajstić information content (AvgIpc) is 2.75. The molecule has 1 fully saturated rings. The Balaban J connectivity index is 1.79. The van der Waals surface area contributed by atoms with E-state index in [1.807, 2.05) is 22.0 Å². The Kier molecular flexibility index (Phi) is 1.87. The fourth-order valence-electron chi connectivity index (χ4n) is 1.84. The van der Waals surface area contributed by atoms with Crippen molar-refractivity contribution in [3.05, 3.63) is 22.5 Å². The summed E-state index contributed by atoms with van der Waals surface area (Å²) in [5.74, 6) is 0.0412. The third kappa shape index (κ3) is 1.48. The van der Waals surface area contributed by atoms with Crippen molar-refractivity contribution in [2.45, 2.75) is 18.9 Å². The van der Waals surface area contributed by atoms with Crippen LogP contribution in [0, 0.1) is 0 Å². The first-order chi connectivity index (χ1) is 8.31. The fourth-order valence-corrected chi connectivity index (χ4v) is 3.55. The fraction of sp³-hybridized carbons (Fsp3) is 0.273. The Labute approximate surface area is 105 Å². The molecule has 0 spiro atoms. The van der Waals surface area contributed by atoms with Gasteiger partial charge in [-0.3, -0.25) is 9.20 Å². The van der Waals surface area contributed by atoms with Crippen LogP contribution in [-0.2, 0) is 0 Å². The summed E-state index contributed by atoms with van der Waals surface area (Å²) in [6.07, 6.45) is 4.22. The Bertz CT molecular complexity index is 719. The topological polar surface area (TPSA) is 46.4 Å². The van der Waals surface area contributed by atoms with Gasteiger partial charge in [-0.15, -0.1) is 22.7 Å². The van der Waals surface area contributed by atoms with Crippen LogP contribution in [0.25, 0.3) is 15.3 Å². The zero-order chi connectivity index (χ0) is 11.4. The first-order valence-corrected chi connectivity index (χ1v) is 7.17. The number of carbonyl (C=O) groups is 1. The molecule has 1 saturated carbocycles. The number of hydrogen-bond acceptors (Lipinski definition) is 4. The number of nitrogens with one attached hydrogen (secondary N) is 1. The van der Waals surface area contributed by atoms with Crippen LogP contribution in [0.3, 0.4) is 0 Å². The molecule has 17 heavy (non-hydrogen) atoms. The van der Waals surface area contributed by atoms with Gasteiger partial charge in [0.25, 0.3) is 5.91 Å². The number of rotatable bonds is 2. The van der Waals surface area contributed by atoms with Crippen LogP contribution >= 0.6 is 22.7 Å². The third-order valence-corrected chi connectivity index (χ3v) is 4.65. The highest BCUT2D eigenvalue weighted by Gasteiger charge is 2.25. The van der Waals surface area contributed by atoms with Crippen LogP contribution in [-0.4, -0.2) is 21.3 Å². The molecule has 1 amide bonds. The molecule has 3 aromatic rings. The Morgan fingerprint density at radius 3 is 3.24 bits per heavy atom. The molecule has 0 radical (unpaired) electrons. The lowest BCUT2D eigenvalue weighted by Gasteiger charge is -1.98. The van der Waals surface area contributed by atoms with Crippen LogP contribution < -0.4 is 5.32 Å². The quantitative estimate of drug-likeness (QED) is 0.772. The number of fused-ring (bicyclic) bond motifs is 3. The van der Waals surface area contributed by atoms with Crippen molar-refractivity contribution in [3.63, 3.8) is 0 Å². The lowest BCUT2D eigenvalue weighted by molar-refractivity contribution is 0.0955. The molecule has 3 heterocycles. The number of aromatic nitrogens is 2. The second kappa shape index (κ2) is 3.30. The number of amides is 1. The number of carbonyl (C=O) groups excluding carboxylic acids is 1. The molecule has 3 aromatic heterocycles. The van der Waals surface area contributed by atoms with E-state index in [1.165, 1.54) is 11.3 Å². The van der Waals surface area contributed by atoms with Crippen molar-refractivity contribution in [2.24, 2.45) is 0 Å². The summed E-state index contributed by atoms with van der Waals surface area (Å²) < 4.78 is 2.03. The average molecular weight is 263 g/mol. The molecule has 0 aliphatic heterocycles. The van der Waals surface area contributed by atoms with E-state index in [0.29, 0.717) is 6.04 Å². The normalized spacial score (nSPS) is 15.8. The number of thiazole rings is 1. The molecule has 0 aromatic carbocycles. The minimum atomic E-state index is 0.0412. The summed E-state index contributed by atoms with van der Waals surface area (Å²) in [6, 6.07) is 2.34. The maximum atomic E-state index is 11.9. The minimum Gasteiger partial charge on any atom is -0.349 e. The highest BCUT2D eigenvalue weighted by atomic mass is 32.1. The SMILES string of the molecule is O=C(NC1CC1)c1cc2c(nc3sccn32)s1. The molecule has 6 heteroatoms. The van der Waals surface area contributed by atoms with Gasteiger partial charge in [-0.2, -0.15) is 0 Å². The van der Waals surface area contributed by atoms with Crippen molar-refractivity contribution in [1.82, 2.24) is 14.7 Å². The Morgan fingerprint density at radius 2 is 2.41 bits per heavy atom. The van der Waals surface area contributed by atoms with Crippen LogP contribution in [0.5, 0.6) is 0 Å². The van der Waals surface area contributed by atoms with Crippen molar-refractivity contribution >= 4 is 43.9 Å². The molecule has 0 saturated heterocycles. The van der Waals surface area contributed by atoms with Gasteiger partial charge in [-0.1, -0.05) is 0 Å². The van der Waals surface area contributed by atoms with E-state index in [9.17, 15) is 4.79 Å². The highest BCUT2D eigenvalue weighted by Crippen LogP contribution is 2.29. The lowest BCUT2D eigenvalue weighted by atomic mass is 10.4. The number of hydrogen-bond donors (Lipinski definition) is 1. The summed E-state index contributed by atoms with van der Waals surface area (Å²) in [5.41, 5.74) is 1.03. The first kappa shape index (κ1) is 9.61. The Hall–Kier alpha value is -1.40. The van der Waals surface area contributed by atoms with E-state index in [2.05, 4.69) is 10.3 Å². The minimum absolute atomic E-state index is 0.0412. The van der Waals surface area contributed by atoms with Crippen LogP contribution in [0.15, 0.2) is 17.6 Å². The third-order valence-electron chi connectivity index (χ3n) is 2.88. The predicted octanol–water partition coefficient (Wildman–Crippen LogP) is 2.50. The summed E-state index contributed by atoms with van der Waals surface area (Å²) in [6.45, 7) is 0. The Morgan fingerprint density at radius 1 is 1.53 bits per heavy atom. The largest absolute Gasteiger partial charge is 0.349 e. The van der Waals surface area contributed by atoms with Gasteiger partial charge in [-0.25, -0.2) is 4.98 Å². The number of imidazole rings is 1. The molecule has 4 nitrogen and oxygen atoms in total. The zero-order valence-electron chi connectivity index (χ0n) is 8.84. The molecule has 1 aliphatic carbocycles. The first-order valence-electron chi connectivity index (χ1n) is 5.47. The number of nitrogens with zero attached hydrogens (tertiary/aromatic N) is 2. The highest BCUT2D eigenvalue weighted by molar-refractivity contribution is 7.21. The summed E-state index contributed by atoms with van der Waals surface area (Å²) in [7, 11) is 0. The maximum absolute atomic E-state index is 11.9. The standard InChI is InChI=1S/C11H9N3OS2/c15-9(12-6-1-2-6)8-5-7-10(17-8)13-11-14(7)3-4-16-11/h3-6H,1-2H2,(H,12,15). The smallest absolute Gasteiger partial charge is 0.261 e. The lowest BCUT2D eigenvalue weighted by Crippen LogP contribution is -2.24. The van der Waals surface area contributed by atoms with Gasteiger partial charge in [0.1, 0.15) is 4.83 Å². The molecular weight excluding hydrogens is 254 g/mol. The van der Waals surface area contributed by atoms with Gasteiger partial charge < -0.3 is 5.32 Å². The van der Waals surface area contributed by atoms with Gasteiger partial charge in [0.05, 0.1) is 10.4 Å². The zero-order valence-corrected chi connectivity index (χ0v) is 10.5. The van der Waals surface area contributed by atoms with Crippen LogP contribution in [0.1, 0.15) is 22.5 Å². The molecule has 4 rings (SSSR count). The summed E-state index contributed by atoms with van der Waals surface area (Å²) >= 11 is 3.08. The summed E-state index contributed by atoms with van der Waals surface area (Å²) in [4.78, 5) is 19.1. The van der Waals surface area contributed by atoms with E-state index in [0.717, 1.165) is 33.0 Å². The van der Waals surface area contributed by atoms with E-state index in [-0.39, 0.29) is 5.91 Å². The van der Waals surface area contributed by atoms with Gasteiger partial charge in [0.2, 0.25) is 0 Å². The van der Waals surface area contributed by atoms with E-state index >= 15 is 0 Å². The van der Waals surface area contributed by atoms with E-state index in [1.54, 1.807) is 11.3 Å². The van der Waals surface area contributed by atoms with E-state index < -0.39 is 0 Å². The van der Waals surface area contributed by atoms with Crippen molar-refractivity contribution < 1.29 is 4.79 Å². The van der Waals surface area contributed by atoms with Gasteiger partial charge in [0.15, 0.2) is 4.96 Å². The molecule has 0 unspecified atom stereocenters. The van der Waals surface area contributed by atoms with Gasteiger partial charge in [0, 0.05) is 17.6 Å². The second-order valence-electron chi connectivity index (χ2n) is 4.22. The molecule has 0 bridgehead atoms. The van der Waals surface area contributed by atoms with Gasteiger partial charge >= 0.3 is 0 Å². The molecule has 0 atom stereocenters. The van der Waals surface area contributed by atoms with Crippen molar-refractivity contribution in [3.8, 4) is 0 Å². The van der Waals surface area contributed by atoms with Gasteiger partial charge in [-0.05, 0) is 18.9 Å². The summed E-state index contributed by atoms with van der Waals surface area (Å²) in [5, 5.41) is 5.00. The van der Waals surface area contributed by atoms with Crippen molar-refractivity contribution in [2.75, 3.05) is 0 Å². The number of thiophene rings is 1. The molecular formula is C11H9N3OS2. The molecule has 1 N–H and O–H groups in total. The van der Waals surface area contributed by atoms with Crippen molar-refractivity contribution in [1.29, 1.82) is 0 Å². The molecule has 86 valence electrons. The second-order valence-corrected chi connectivity index (χ2v) is 6.12. The maximum Gasteiger partial charge on any atom is 0.261 e. The monoisotopic (exact) mass is 263 g/mol. The van der Waals surface area contributed by atoms with Crippen LogP contribution in [0.4, 0.5) is 0 Å².